The molecule has 0 spiro atoms. The first-order valence-electron chi connectivity index (χ1n) is 9.84. The number of nitrogens with zero attached hydrogens (tertiary/aromatic N) is 2. The summed E-state index contributed by atoms with van der Waals surface area (Å²) in [7, 11) is -3.86. The van der Waals surface area contributed by atoms with E-state index in [9.17, 15) is 26.4 Å². The van der Waals surface area contributed by atoms with E-state index < -0.39 is 22.1 Å². The molecule has 0 radical (unpaired) electrons. The number of alkyl halides is 3. The van der Waals surface area contributed by atoms with Crippen LogP contribution in [0.4, 0.5) is 18.0 Å². The van der Waals surface area contributed by atoms with Crippen LogP contribution >= 0.6 is 0 Å². The van der Waals surface area contributed by atoms with Crippen LogP contribution in [0, 0.1) is 5.92 Å². The Kier molecular flexibility index (Phi) is 6.51. The fraction of sp³-hybridized carbons (Fsp3) is 0.632. The summed E-state index contributed by atoms with van der Waals surface area (Å²) >= 11 is 0. The fourth-order valence-corrected chi connectivity index (χ4v) is 5.37. The maximum atomic E-state index is 12.9. The summed E-state index contributed by atoms with van der Waals surface area (Å²) in [6.07, 6.45) is -3.36. The molecule has 0 N–H and O–H groups in total. The standard InChI is InChI=1S/C19H25F3N2O5S/c1-3-13(2)17-12-28-18(25)24(17)14-8-10-23(11-9-14)30(26,27)16-6-4-15(5-7-16)29-19(20,21)22/h4-7,13-14,17H,3,8-12H2,1-2H3/t13-,17+/m0/s1. The molecule has 2 fully saturated rings. The maximum Gasteiger partial charge on any atom is 0.573 e. The Hall–Kier alpha value is -2.01. The van der Waals surface area contributed by atoms with Gasteiger partial charge < -0.3 is 9.47 Å². The molecule has 30 heavy (non-hydrogen) atoms. The summed E-state index contributed by atoms with van der Waals surface area (Å²) in [5.74, 6) is -0.209. The number of amides is 1. The third-order valence-electron chi connectivity index (χ3n) is 5.76. The van der Waals surface area contributed by atoms with Crippen LogP contribution in [0.5, 0.6) is 5.75 Å². The Balaban J connectivity index is 1.66. The number of hydrogen-bond donors (Lipinski definition) is 0. The number of cyclic esters (lactones) is 1. The van der Waals surface area contributed by atoms with Gasteiger partial charge >= 0.3 is 12.5 Å². The summed E-state index contributed by atoms with van der Waals surface area (Å²) in [5.41, 5.74) is 0. The van der Waals surface area contributed by atoms with Crippen molar-refractivity contribution < 1.29 is 35.9 Å². The quantitative estimate of drug-likeness (QED) is 0.662. The van der Waals surface area contributed by atoms with E-state index in [0.717, 1.165) is 30.7 Å². The highest BCUT2D eigenvalue weighted by Gasteiger charge is 2.42. The number of benzene rings is 1. The molecule has 2 atom stereocenters. The molecule has 2 saturated heterocycles. The second-order valence-electron chi connectivity index (χ2n) is 7.59. The van der Waals surface area contributed by atoms with E-state index in [1.165, 1.54) is 4.31 Å². The summed E-state index contributed by atoms with van der Waals surface area (Å²) in [6.45, 7) is 4.88. The van der Waals surface area contributed by atoms with Crippen molar-refractivity contribution >= 4 is 16.1 Å². The van der Waals surface area contributed by atoms with Gasteiger partial charge in [0.15, 0.2) is 0 Å². The number of piperidine rings is 1. The Morgan fingerprint density at radius 3 is 2.33 bits per heavy atom. The van der Waals surface area contributed by atoms with Crippen molar-refractivity contribution in [3.8, 4) is 5.75 Å². The Bertz CT molecular complexity index is 852. The van der Waals surface area contributed by atoms with Gasteiger partial charge in [0, 0.05) is 19.1 Å². The van der Waals surface area contributed by atoms with Gasteiger partial charge in [0.25, 0.3) is 0 Å². The molecule has 0 aromatic heterocycles. The van der Waals surface area contributed by atoms with E-state index in [0.29, 0.717) is 19.4 Å². The molecule has 1 aromatic rings. The zero-order valence-electron chi connectivity index (χ0n) is 16.8. The number of hydrogen-bond acceptors (Lipinski definition) is 5. The Morgan fingerprint density at radius 2 is 1.80 bits per heavy atom. The maximum absolute atomic E-state index is 12.9. The lowest BCUT2D eigenvalue weighted by atomic mass is 9.95. The normalized spacial score (nSPS) is 22.8. The van der Waals surface area contributed by atoms with Crippen LogP contribution in [-0.2, 0) is 14.8 Å². The van der Waals surface area contributed by atoms with Gasteiger partial charge in [0.05, 0.1) is 10.9 Å². The lowest BCUT2D eigenvalue weighted by Crippen LogP contribution is -2.51. The highest BCUT2D eigenvalue weighted by molar-refractivity contribution is 7.89. The number of sulfonamides is 1. The zero-order valence-corrected chi connectivity index (χ0v) is 17.6. The second-order valence-corrected chi connectivity index (χ2v) is 9.53. The minimum atomic E-state index is -4.84. The number of carbonyl (C=O) groups excluding carboxylic acids is 1. The first-order chi connectivity index (χ1) is 14.0. The highest BCUT2D eigenvalue weighted by Crippen LogP contribution is 2.31. The smallest absolute Gasteiger partial charge is 0.447 e. The summed E-state index contributed by atoms with van der Waals surface area (Å²) in [4.78, 5) is 13.9. The molecule has 1 aromatic carbocycles. The van der Waals surface area contributed by atoms with Crippen molar-refractivity contribution in [2.45, 2.75) is 56.5 Å². The van der Waals surface area contributed by atoms with Crippen molar-refractivity contribution in [2.75, 3.05) is 19.7 Å². The molecule has 2 heterocycles. The monoisotopic (exact) mass is 450 g/mol. The Labute approximate surface area is 173 Å². The molecule has 7 nitrogen and oxygen atoms in total. The molecule has 2 aliphatic rings. The van der Waals surface area contributed by atoms with Crippen LogP contribution in [0.3, 0.4) is 0 Å². The van der Waals surface area contributed by atoms with Gasteiger partial charge in [-0.3, -0.25) is 4.90 Å². The third-order valence-corrected chi connectivity index (χ3v) is 7.67. The van der Waals surface area contributed by atoms with Crippen LogP contribution in [0.1, 0.15) is 33.1 Å². The van der Waals surface area contributed by atoms with E-state index in [1.54, 1.807) is 4.90 Å². The molecule has 1 amide bonds. The summed E-state index contributed by atoms with van der Waals surface area (Å²) in [6, 6.07) is 4.03. The Morgan fingerprint density at radius 1 is 1.20 bits per heavy atom. The topological polar surface area (TPSA) is 76.2 Å². The van der Waals surface area contributed by atoms with Crippen LogP contribution in [0.25, 0.3) is 0 Å². The predicted molar refractivity (Wildman–Crippen MR) is 101 cm³/mol. The predicted octanol–water partition coefficient (Wildman–Crippen LogP) is 3.61. The highest BCUT2D eigenvalue weighted by atomic mass is 32.2. The van der Waals surface area contributed by atoms with Crippen LogP contribution < -0.4 is 4.74 Å². The second kappa shape index (κ2) is 8.62. The van der Waals surface area contributed by atoms with E-state index in [4.69, 9.17) is 4.74 Å². The van der Waals surface area contributed by atoms with E-state index in [-0.39, 0.29) is 42.1 Å². The number of rotatable bonds is 6. The lowest BCUT2D eigenvalue weighted by Gasteiger charge is -2.38. The number of ether oxygens (including phenoxy) is 2. The fourth-order valence-electron chi connectivity index (χ4n) is 3.90. The van der Waals surface area contributed by atoms with Gasteiger partial charge in [-0.25, -0.2) is 13.2 Å². The van der Waals surface area contributed by atoms with E-state index >= 15 is 0 Å². The van der Waals surface area contributed by atoms with Crippen molar-refractivity contribution in [3.05, 3.63) is 24.3 Å². The van der Waals surface area contributed by atoms with Crippen molar-refractivity contribution in [1.29, 1.82) is 0 Å². The molecule has 0 bridgehead atoms. The summed E-state index contributed by atoms with van der Waals surface area (Å²) < 4.78 is 72.8. The SMILES string of the molecule is CC[C@H](C)[C@H]1COC(=O)N1C1CCN(S(=O)(=O)c2ccc(OC(F)(F)F)cc2)CC1. The zero-order chi connectivity index (χ0) is 22.1. The van der Waals surface area contributed by atoms with Gasteiger partial charge in [0.2, 0.25) is 10.0 Å². The van der Waals surface area contributed by atoms with Gasteiger partial charge in [0.1, 0.15) is 12.4 Å². The summed E-state index contributed by atoms with van der Waals surface area (Å²) in [5, 5.41) is 0. The average molecular weight is 450 g/mol. The van der Waals surface area contributed by atoms with Crippen molar-refractivity contribution in [1.82, 2.24) is 9.21 Å². The van der Waals surface area contributed by atoms with Gasteiger partial charge in [-0.15, -0.1) is 13.2 Å². The first kappa shape index (κ1) is 22.7. The van der Waals surface area contributed by atoms with Crippen molar-refractivity contribution in [3.63, 3.8) is 0 Å². The van der Waals surface area contributed by atoms with Crippen molar-refractivity contribution in [2.24, 2.45) is 5.92 Å². The van der Waals surface area contributed by atoms with E-state index in [2.05, 4.69) is 11.7 Å². The largest absolute Gasteiger partial charge is 0.573 e. The first-order valence-corrected chi connectivity index (χ1v) is 11.3. The molecular weight excluding hydrogens is 425 g/mol. The lowest BCUT2D eigenvalue weighted by molar-refractivity contribution is -0.274. The van der Waals surface area contributed by atoms with Crippen LogP contribution in [0.2, 0.25) is 0 Å². The molecular formula is C19H25F3N2O5S. The molecule has 11 heteroatoms. The average Bonchev–Trinajstić information content (AvgIpc) is 3.08. The minimum Gasteiger partial charge on any atom is -0.447 e. The molecule has 3 rings (SSSR count). The number of carbonyl (C=O) groups is 1. The molecule has 0 aliphatic carbocycles. The number of halogens is 3. The van der Waals surface area contributed by atoms with Crippen LogP contribution in [0.15, 0.2) is 29.2 Å². The molecule has 168 valence electrons. The minimum absolute atomic E-state index is 0.0168. The van der Waals surface area contributed by atoms with Gasteiger partial charge in [-0.1, -0.05) is 20.3 Å². The molecule has 2 aliphatic heterocycles. The molecule has 0 unspecified atom stereocenters. The third kappa shape index (κ3) is 4.83. The molecule has 0 saturated carbocycles. The van der Waals surface area contributed by atoms with E-state index in [1.807, 2.05) is 6.92 Å². The van der Waals surface area contributed by atoms with Gasteiger partial charge in [-0.2, -0.15) is 4.31 Å². The van der Waals surface area contributed by atoms with Gasteiger partial charge in [-0.05, 0) is 43.0 Å². The van der Waals surface area contributed by atoms with Crippen LogP contribution in [-0.4, -0.2) is 61.9 Å².